The minimum Gasteiger partial charge on any atom is -0.386 e. The van der Waals surface area contributed by atoms with Crippen molar-refractivity contribution in [2.75, 3.05) is 0 Å². The second-order valence-corrected chi connectivity index (χ2v) is 4.06. The highest BCUT2D eigenvalue weighted by molar-refractivity contribution is 5.03. The van der Waals surface area contributed by atoms with Gasteiger partial charge in [0, 0.05) is 0 Å². The Balaban J connectivity index is 2.40. The first-order chi connectivity index (χ1) is 5.58. The molecule has 0 bridgehead atoms. The van der Waals surface area contributed by atoms with Gasteiger partial charge in [0.25, 0.3) is 0 Å². The summed E-state index contributed by atoms with van der Waals surface area (Å²) in [6.07, 6.45) is 12.0. The first-order valence-corrected chi connectivity index (χ1v) is 4.65. The van der Waals surface area contributed by atoms with E-state index in [1.807, 2.05) is 19.9 Å². The van der Waals surface area contributed by atoms with Gasteiger partial charge in [-0.2, -0.15) is 0 Å². The lowest BCUT2D eigenvalue weighted by Crippen LogP contribution is -2.14. The topological polar surface area (TPSA) is 20.2 Å². The van der Waals surface area contributed by atoms with Crippen molar-refractivity contribution in [2.24, 2.45) is 5.92 Å². The molecule has 1 N–H and O–H groups in total. The highest BCUT2D eigenvalue weighted by Crippen LogP contribution is 2.20. The highest BCUT2D eigenvalue weighted by Gasteiger charge is 2.10. The van der Waals surface area contributed by atoms with E-state index in [9.17, 15) is 5.11 Å². The monoisotopic (exact) mass is 166 g/mol. The van der Waals surface area contributed by atoms with Crippen LogP contribution in [0.1, 0.15) is 33.1 Å². The van der Waals surface area contributed by atoms with Crippen molar-refractivity contribution >= 4 is 0 Å². The van der Waals surface area contributed by atoms with Gasteiger partial charge in [0.1, 0.15) is 0 Å². The maximum Gasteiger partial charge on any atom is 0.0771 e. The van der Waals surface area contributed by atoms with Gasteiger partial charge >= 0.3 is 0 Å². The molecule has 1 atom stereocenters. The summed E-state index contributed by atoms with van der Waals surface area (Å²) in [6, 6.07) is 0. The zero-order valence-corrected chi connectivity index (χ0v) is 7.96. The molecule has 0 aromatic heterocycles. The fourth-order valence-electron chi connectivity index (χ4n) is 1.36. The van der Waals surface area contributed by atoms with Crippen LogP contribution in [0.2, 0.25) is 0 Å². The lowest BCUT2D eigenvalue weighted by molar-refractivity contribution is 0.132. The van der Waals surface area contributed by atoms with Gasteiger partial charge in [-0.1, -0.05) is 24.3 Å². The third kappa shape index (κ3) is 3.72. The Morgan fingerprint density at radius 3 is 2.67 bits per heavy atom. The third-order valence-electron chi connectivity index (χ3n) is 2.09. The SMILES string of the molecule is CC(C)(O)C=CC1CC=CCC1. The molecule has 0 radical (unpaired) electrons. The first-order valence-electron chi connectivity index (χ1n) is 4.65. The Morgan fingerprint density at radius 2 is 2.17 bits per heavy atom. The Labute approximate surface area is 74.8 Å². The number of hydrogen-bond donors (Lipinski definition) is 1. The molecule has 1 heteroatoms. The van der Waals surface area contributed by atoms with Crippen LogP contribution >= 0.6 is 0 Å². The standard InChI is InChI=1S/C11H18O/c1-11(2,12)9-8-10-6-4-3-5-7-10/h3-4,8-10,12H,5-7H2,1-2H3. The summed E-state index contributed by atoms with van der Waals surface area (Å²) in [4.78, 5) is 0. The molecule has 1 aliphatic rings. The summed E-state index contributed by atoms with van der Waals surface area (Å²) < 4.78 is 0. The van der Waals surface area contributed by atoms with Gasteiger partial charge in [0.05, 0.1) is 5.60 Å². The molecule has 1 aliphatic carbocycles. The molecule has 1 nitrogen and oxygen atoms in total. The summed E-state index contributed by atoms with van der Waals surface area (Å²) in [5.74, 6) is 0.640. The second-order valence-electron chi connectivity index (χ2n) is 4.06. The van der Waals surface area contributed by atoms with Crippen LogP contribution < -0.4 is 0 Å². The van der Waals surface area contributed by atoms with E-state index in [1.54, 1.807) is 0 Å². The quantitative estimate of drug-likeness (QED) is 0.625. The maximum absolute atomic E-state index is 9.44. The van der Waals surface area contributed by atoms with Crippen LogP contribution in [0.15, 0.2) is 24.3 Å². The zero-order chi connectivity index (χ0) is 9.03. The van der Waals surface area contributed by atoms with Gasteiger partial charge < -0.3 is 5.11 Å². The van der Waals surface area contributed by atoms with Crippen LogP contribution in [0.3, 0.4) is 0 Å². The van der Waals surface area contributed by atoms with Crippen LogP contribution in [0, 0.1) is 5.92 Å². The average molecular weight is 166 g/mol. The summed E-state index contributed by atoms with van der Waals surface area (Å²) in [6.45, 7) is 3.62. The molecule has 0 fully saturated rings. The van der Waals surface area contributed by atoms with Crippen molar-refractivity contribution in [3.63, 3.8) is 0 Å². The first kappa shape index (κ1) is 9.53. The zero-order valence-electron chi connectivity index (χ0n) is 7.96. The summed E-state index contributed by atoms with van der Waals surface area (Å²) >= 11 is 0. The molecule has 1 unspecified atom stereocenters. The van der Waals surface area contributed by atoms with Gasteiger partial charge in [-0.3, -0.25) is 0 Å². The molecule has 12 heavy (non-hydrogen) atoms. The van der Waals surface area contributed by atoms with E-state index in [0.717, 1.165) is 6.42 Å². The lowest BCUT2D eigenvalue weighted by Gasteiger charge is -2.16. The van der Waals surface area contributed by atoms with Crippen molar-refractivity contribution in [3.05, 3.63) is 24.3 Å². The minimum atomic E-state index is -0.652. The predicted octanol–water partition coefficient (Wildman–Crippen LogP) is 2.67. The second kappa shape index (κ2) is 3.90. The van der Waals surface area contributed by atoms with Crippen molar-refractivity contribution in [1.29, 1.82) is 0 Å². The minimum absolute atomic E-state index is 0.640. The molecular weight excluding hydrogens is 148 g/mol. The number of aliphatic hydroxyl groups is 1. The van der Waals surface area contributed by atoms with Crippen molar-refractivity contribution in [3.8, 4) is 0 Å². The largest absolute Gasteiger partial charge is 0.386 e. The molecule has 0 aromatic rings. The van der Waals surface area contributed by atoms with Crippen LogP contribution in [0.5, 0.6) is 0 Å². The summed E-state index contributed by atoms with van der Waals surface area (Å²) in [5.41, 5.74) is -0.652. The molecule has 1 rings (SSSR count). The number of allylic oxidation sites excluding steroid dienone is 3. The molecule has 0 saturated heterocycles. The van der Waals surface area contributed by atoms with E-state index in [0.29, 0.717) is 5.92 Å². The average Bonchev–Trinajstić information content (AvgIpc) is 2.02. The molecule has 0 heterocycles. The molecule has 0 aromatic carbocycles. The van der Waals surface area contributed by atoms with E-state index in [2.05, 4.69) is 18.2 Å². The normalized spacial score (nSPS) is 25.1. The van der Waals surface area contributed by atoms with Crippen molar-refractivity contribution < 1.29 is 5.11 Å². The smallest absolute Gasteiger partial charge is 0.0771 e. The van der Waals surface area contributed by atoms with Gasteiger partial charge in [0.15, 0.2) is 0 Å². The Morgan fingerprint density at radius 1 is 1.42 bits per heavy atom. The predicted molar refractivity (Wildman–Crippen MR) is 51.9 cm³/mol. The van der Waals surface area contributed by atoms with Gasteiger partial charge in [-0.05, 0) is 39.0 Å². The van der Waals surface area contributed by atoms with Crippen LogP contribution in [-0.2, 0) is 0 Å². The summed E-state index contributed by atoms with van der Waals surface area (Å²) in [5, 5.41) is 9.44. The molecular formula is C11H18O. The lowest BCUT2D eigenvalue weighted by atomic mass is 9.92. The maximum atomic E-state index is 9.44. The van der Waals surface area contributed by atoms with E-state index < -0.39 is 5.60 Å². The molecule has 0 spiro atoms. The van der Waals surface area contributed by atoms with Crippen LogP contribution in [0.25, 0.3) is 0 Å². The van der Waals surface area contributed by atoms with E-state index >= 15 is 0 Å². The highest BCUT2D eigenvalue weighted by atomic mass is 16.3. The van der Waals surface area contributed by atoms with Gasteiger partial charge in [-0.15, -0.1) is 0 Å². The molecule has 0 aliphatic heterocycles. The van der Waals surface area contributed by atoms with Crippen molar-refractivity contribution in [2.45, 2.75) is 38.7 Å². The fraction of sp³-hybridized carbons (Fsp3) is 0.636. The Kier molecular flexibility index (Phi) is 3.10. The number of hydrogen-bond acceptors (Lipinski definition) is 1. The van der Waals surface area contributed by atoms with Crippen molar-refractivity contribution in [1.82, 2.24) is 0 Å². The Bertz CT molecular complexity index is 184. The summed E-state index contributed by atoms with van der Waals surface area (Å²) in [7, 11) is 0. The van der Waals surface area contributed by atoms with E-state index in [1.165, 1.54) is 12.8 Å². The van der Waals surface area contributed by atoms with Crippen LogP contribution in [0.4, 0.5) is 0 Å². The van der Waals surface area contributed by atoms with Gasteiger partial charge in [-0.25, -0.2) is 0 Å². The van der Waals surface area contributed by atoms with E-state index in [4.69, 9.17) is 0 Å². The third-order valence-corrected chi connectivity index (χ3v) is 2.09. The molecule has 0 amide bonds. The van der Waals surface area contributed by atoms with E-state index in [-0.39, 0.29) is 0 Å². The molecule has 0 saturated carbocycles. The fourth-order valence-corrected chi connectivity index (χ4v) is 1.36. The number of rotatable bonds is 2. The Hall–Kier alpha value is -0.560. The van der Waals surface area contributed by atoms with Crippen LogP contribution in [-0.4, -0.2) is 10.7 Å². The molecule has 68 valence electrons. The van der Waals surface area contributed by atoms with Gasteiger partial charge in [0.2, 0.25) is 0 Å².